The highest BCUT2D eigenvalue weighted by Gasteiger charge is 2.15. The van der Waals surface area contributed by atoms with Gasteiger partial charge in [-0.3, -0.25) is 4.79 Å². The molecule has 3 N–H and O–H groups in total. The zero-order valence-corrected chi connectivity index (χ0v) is 7.34. The molecule has 2 atom stereocenters. The van der Waals surface area contributed by atoms with E-state index in [0.717, 1.165) is 13.0 Å². The third kappa shape index (κ3) is 2.79. The summed E-state index contributed by atoms with van der Waals surface area (Å²) in [6, 6.07) is 0.396. The van der Waals surface area contributed by atoms with Crippen LogP contribution in [-0.4, -0.2) is 36.2 Å². The zero-order chi connectivity index (χ0) is 8.97. The molecule has 1 heterocycles. The molecule has 1 unspecified atom stereocenters. The Balaban J connectivity index is 2.12. The van der Waals surface area contributed by atoms with Crippen molar-refractivity contribution in [3.8, 4) is 0 Å². The van der Waals surface area contributed by atoms with Crippen molar-refractivity contribution in [2.24, 2.45) is 0 Å². The average molecular weight is 172 g/mol. The van der Waals surface area contributed by atoms with E-state index in [1.54, 1.807) is 0 Å². The summed E-state index contributed by atoms with van der Waals surface area (Å²) in [5, 5.41) is 14.8. The fourth-order valence-electron chi connectivity index (χ4n) is 1.30. The fourth-order valence-corrected chi connectivity index (χ4v) is 1.30. The quantitative estimate of drug-likeness (QED) is 0.524. The molecule has 0 radical (unpaired) electrons. The molecule has 1 aliphatic heterocycles. The second-order valence-electron chi connectivity index (χ2n) is 3.21. The van der Waals surface area contributed by atoms with Crippen molar-refractivity contribution in [3.05, 3.63) is 0 Å². The maximum absolute atomic E-state index is 10.9. The molecule has 4 heteroatoms. The third-order valence-electron chi connectivity index (χ3n) is 2.06. The lowest BCUT2D eigenvalue weighted by Crippen LogP contribution is -2.40. The largest absolute Gasteiger partial charge is 0.384 e. The Morgan fingerprint density at radius 2 is 2.58 bits per heavy atom. The maximum atomic E-state index is 10.9. The molecule has 4 nitrogen and oxygen atoms in total. The molecular weight excluding hydrogens is 156 g/mol. The minimum atomic E-state index is -0.897. The summed E-state index contributed by atoms with van der Waals surface area (Å²) in [6.07, 6.45) is 1.39. The zero-order valence-electron chi connectivity index (χ0n) is 7.34. The Hall–Kier alpha value is -0.610. The standard InChI is InChI=1S/C8H16N2O2/c1-6(11)8(12)10-5-7-3-2-4-9-7/h6-7,9,11H,2-5H2,1H3,(H,10,12)/t6?,7-/m0/s1. The minimum absolute atomic E-state index is 0.288. The van der Waals surface area contributed by atoms with Crippen molar-refractivity contribution >= 4 is 5.91 Å². The summed E-state index contributed by atoms with van der Waals surface area (Å²) < 4.78 is 0. The number of nitrogens with one attached hydrogen (secondary N) is 2. The van der Waals surface area contributed by atoms with E-state index in [4.69, 9.17) is 5.11 Å². The monoisotopic (exact) mass is 172 g/mol. The smallest absolute Gasteiger partial charge is 0.248 e. The minimum Gasteiger partial charge on any atom is -0.384 e. The van der Waals surface area contributed by atoms with Gasteiger partial charge in [-0.15, -0.1) is 0 Å². The predicted molar refractivity (Wildman–Crippen MR) is 45.7 cm³/mol. The van der Waals surface area contributed by atoms with Gasteiger partial charge < -0.3 is 15.7 Å². The van der Waals surface area contributed by atoms with Crippen LogP contribution in [0.25, 0.3) is 0 Å². The van der Waals surface area contributed by atoms with E-state index in [-0.39, 0.29) is 5.91 Å². The van der Waals surface area contributed by atoms with Crippen LogP contribution in [-0.2, 0) is 4.79 Å². The molecule has 0 aromatic heterocycles. The van der Waals surface area contributed by atoms with Gasteiger partial charge in [0.15, 0.2) is 0 Å². The van der Waals surface area contributed by atoms with Gasteiger partial charge in [0.05, 0.1) is 0 Å². The van der Waals surface area contributed by atoms with E-state index in [2.05, 4.69) is 10.6 Å². The first-order valence-corrected chi connectivity index (χ1v) is 4.39. The number of hydrogen-bond donors (Lipinski definition) is 3. The highest BCUT2D eigenvalue weighted by Crippen LogP contribution is 2.02. The van der Waals surface area contributed by atoms with E-state index in [9.17, 15) is 4.79 Å². The molecule has 1 amide bonds. The number of carbonyl (C=O) groups excluding carboxylic acids is 1. The Bertz CT molecular complexity index is 153. The molecule has 0 spiro atoms. The Labute approximate surface area is 72.3 Å². The summed E-state index contributed by atoms with van der Waals surface area (Å²) in [5.41, 5.74) is 0. The number of rotatable bonds is 3. The van der Waals surface area contributed by atoms with Gasteiger partial charge in [0.2, 0.25) is 5.91 Å². The Kier molecular flexibility index (Phi) is 3.49. The van der Waals surface area contributed by atoms with Gasteiger partial charge in [0.1, 0.15) is 6.10 Å². The van der Waals surface area contributed by atoms with Gasteiger partial charge in [0.25, 0.3) is 0 Å². The van der Waals surface area contributed by atoms with Crippen LogP contribution >= 0.6 is 0 Å². The molecule has 0 aliphatic carbocycles. The topological polar surface area (TPSA) is 61.4 Å². The van der Waals surface area contributed by atoms with Crippen LogP contribution in [0, 0.1) is 0 Å². The first kappa shape index (κ1) is 9.48. The lowest BCUT2D eigenvalue weighted by Gasteiger charge is -2.12. The van der Waals surface area contributed by atoms with Crippen molar-refractivity contribution in [1.29, 1.82) is 0 Å². The molecule has 0 aromatic rings. The summed E-state index contributed by atoms with van der Waals surface area (Å²) in [7, 11) is 0. The summed E-state index contributed by atoms with van der Waals surface area (Å²) in [4.78, 5) is 10.9. The van der Waals surface area contributed by atoms with Crippen LogP contribution in [0.2, 0.25) is 0 Å². The Morgan fingerprint density at radius 3 is 3.08 bits per heavy atom. The van der Waals surface area contributed by atoms with E-state index >= 15 is 0 Å². The van der Waals surface area contributed by atoms with Crippen LogP contribution in [0.3, 0.4) is 0 Å². The summed E-state index contributed by atoms with van der Waals surface area (Å²) in [6.45, 7) is 3.14. The normalized spacial score (nSPS) is 25.3. The SMILES string of the molecule is CC(O)C(=O)NC[C@@H]1CCCN1. The second-order valence-corrected chi connectivity index (χ2v) is 3.21. The predicted octanol–water partition coefficient (Wildman–Crippen LogP) is -0.765. The molecule has 0 aromatic carbocycles. The van der Waals surface area contributed by atoms with Crippen LogP contribution in [0.5, 0.6) is 0 Å². The van der Waals surface area contributed by atoms with Gasteiger partial charge in [0, 0.05) is 12.6 Å². The number of aliphatic hydroxyl groups excluding tert-OH is 1. The number of carbonyl (C=O) groups is 1. The highest BCUT2D eigenvalue weighted by atomic mass is 16.3. The van der Waals surface area contributed by atoms with Gasteiger partial charge in [-0.2, -0.15) is 0 Å². The van der Waals surface area contributed by atoms with Crippen LogP contribution in [0.15, 0.2) is 0 Å². The molecule has 0 bridgehead atoms. The van der Waals surface area contributed by atoms with Crippen LogP contribution in [0.1, 0.15) is 19.8 Å². The Morgan fingerprint density at radius 1 is 1.83 bits per heavy atom. The molecule has 70 valence electrons. The lowest BCUT2D eigenvalue weighted by atomic mass is 10.2. The number of aliphatic hydroxyl groups is 1. The van der Waals surface area contributed by atoms with Crippen molar-refractivity contribution in [2.45, 2.75) is 31.9 Å². The maximum Gasteiger partial charge on any atom is 0.248 e. The molecule has 1 aliphatic rings. The molecule has 12 heavy (non-hydrogen) atoms. The van der Waals surface area contributed by atoms with Crippen molar-refractivity contribution in [2.75, 3.05) is 13.1 Å². The summed E-state index contributed by atoms with van der Waals surface area (Å²) in [5.74, 6) is -0.288. The molecule has 1 rings (SSSR count). The molecular formula is C8H16N2O2. The van der Waals surface area contributed by atoms with Crippen molar-refractivity contribution < 1.29 is 9.90 Å². The van der Waals surface area contributed by atoms with Gasteiger partial charge in [-0.05, 0) is 26.3 Å². The van der Waals surface area contributed by atoms with Crippen molar-refractivity contribution in [1.82, 2.24) is 10.6 Å². The van der Waals surface area contributed by atoms with Crippen LogP contribution < -0.4 is 10.6 Å². The number of hydrogen-bond acceptors (Lipinski definition) is 3. The van der Waals surface area contributed by atoms with E-state index < -0.39 is 6.10 Å². The van der Waals surface area contributed by atoms with Gasteiger partial charge in [-0.25, -0.2) is 0 Å². The highest BCUT2D eigenvalue weighted by molar-refractivity contribution is 5.79. The lowest BCUT2D eigenvalue weighted by molar-refractivity contribution is -0.128. The molecule has 0 saturated carbocycles. The second kappa shape index (κ2) is 4.42. The summed E-state index contributed by atoms with van der Waals surface area (Å²) >= 11 is 0. The number of amides is 1. The first-order valence-electron chi connectivity index (χ1n) is 4.39. The van der Waals surface area contributed by atoms with Gasteiger partial charge >= 0.3 is 0 Å². The molecule has 1 fully saturated rings. The average Bonchev–Trinajstić information content (AvgIpc) is 2.51. The van der Waals surface area contributed by atoms with Crippen LogP contribution in [0.4, 0.5) is 0 Å². The molecule has 1 saturated heterocycles. The third-order valence-corrected chi connectivity index (χ3v) is 2.06. The van der Waals surface area contributed by atoms with E-state index in [1.165, 1.54) is 13.3 Å². The van der Waals surface area contributed by atoms with Gasteiger partial charge in [-0.1, -0.05) is 0 Å². The van der Waals surface area contributed by atoms with E-state index in [1.807, 2.05) is 0 Å². The first-order chi connectivity index (χ1) is 5.70. The van der Waals surface area contributed by atoms with Crippen molar-refractivity contribution in [3.63, 3.8) is 0 Å². The fraction of sp³-hybridized carbons (Fsp3) is 0.875. The van der Waals surface area contributed by atoms with E-state index in [0.29, 0.717) is 12.6 Å².